The van der Waals surface area contributed by atoms with Crippen LogP contribution in [0.3, 0.4) is 0 Å². The summed E-state index contributed by atoms with van der Waals surface area (Å²) in [4.78, 5) is 7.51. The third-order valence-corrected chi connectivity index (χ3v) is 13.4. The van der Waals surface area contributed by atoms with Crippen molar-refractivity contribution >= 4 is 38.6 Å². The van der Waals surface area contributed by atoms with Crippen LogP contribution in [0.1, 0.15) is 103 Å². The van der Waals surface area contributed by atoms with E-state index >= 15 is 0 Å². The molecular formula is C35H51ClN2O2Sn. The molecule has 0 aliphatic carbocycles. The number of rotatable bonds is 17. The molecule has 0 aromatic heterocycles. The van der Waals surface area contributed by atoms with E-state index in [2.05, 4.69) is 62.9 Å². The fraction of sp³-hybridized carbons (Fsp3) is 0.571. The van der Waals surface area contributed by atoms with Crippen molar-refractivity contribution in [1.82, 2.24) is 4.90 Å². The topological polar surface area (TPSA) is 34.1 Å². The van der Waals surface area contributed by atoms with Crippen LogP contribution >= 0.6 is 11.6 Å². The molecule has 2 aromatic carbocycles. The Morgan fingerprint density at radius 1 is 0.805 bits per heavy atom. The monoisotopic (exact) mass is 686 g/mol. The first-order valence-corrected chi connectivity index (χ1v) is 18.8. The van der Waals surface area contributed by atoms with Crippen LogP contribution in [-0.4, -0.2) is 51.0 Å². The van der Waals surface area contributed by atoms with Gasteiger partial charge in [0.05, 0.1) is 0 Å². The Bertz CT molecular complexity index is 1040. The van der Waals surface area contributed by atoms with Gasteiger partial charge in [0.15, 0.2) is 0 Å². The average Bonchev–Trinajstić information content (AvgIpc) is 2.97. The summed E-state index contributed by atoms with van der Waals surface area (Å²) < 4.78 is 12.6. The van der Waals surface area contributed by atoms with Crippen LogP contribution in [0.2, 0.25) is 3.43 Å². The van der Waals surface area contributed by atoms with Crippen LogP contribution in [-0.2, 0) is 13.1 Å². The summed E-state index contributed by atoms with van der Waals surface area (Å²) in [5.41, 5.74) is 2.47. The molecule has 1 aliphatic rings. The Morgan fingerprint density at radius 3 is 1.63 bits per heavy atom. The molecule has 1 aliphatic heterocycles. The van der Waals surface area contributed by atoms with Crippen molar-refractivity contribution in [1.29, 1.82) is 0 Å². The van der Waals surface area contributed by atoms with Gasteiger partial charge in [-0.05, 0) is 0 Å². The maximum atomic E-state index is 7.24. The van der Waals surface area contributed by atoms with E-state index in [1.807, 2.05) is 24.3 Å². The quantitative estimate of drug-likeness (QED) is 0.123. The predicted octanol–water partition coefficient (Wildman–Crippen LogP) is 9.78. The molecular weight excluding hydrogens is 635 g/mol. The Morgan fingerprint density at radius 2 is 1.24 bits per heavy atom. The number of nitrogens with zero attached hydrogens (tertiary/aromatic N) is 2. The second-order valence-corrected chi connectivity index (χ2v) is 17.8. The van der Waals surface area contributed by atoms with Gasteiger partial charge >= 0.3 is 266 Å². The van der Waals surface area contributed by atoms with E-state index in [-0.39, 0.29) is 0 Å². The van der Waals surface area contributed by atoms with Gasteiger partial charge in [-0.1, -0.05) is 0 Å². The molecule has 4 nitrogen and oxygen atoms in total. The van der Waals surface area contributed by atoms with E-state index in [0.29, 0.717) is 3.43 Å². The van der Waals surface area contributed by atoms with Gasteiger partial charge < -0.3 is 0 Å². The molecule has 6 heteroatoms. The molecule has 2 radical (unpaired) electrons. The SMILES string of the molecule is CCCC[C](CCCC)(CCCC)[Sn][C]1=CC(C)(Cl)CC(N(Cc2ccc(OC)cc2)Cc2ccc(OC)cc2)=N1. The fourth-order valence-corrected chi connectivity index (χ4v) is 11.9. The van der Waals surface area contributed by atoms with Gasteiger partial charge in [0.2, 0.25) is 0 Å². The summed E-state index contributed by atoms with van der Waals surface area (Å²) in [6, 6.07) is 16.8. The zero-order valence-corrected chi connectivity index (χ0v) is 29.9. The van der Waals surface area contributed by atoms with Gasteiger partial charge in [0.25, 0.3) is 0 Å². The molecule has 0 fully saturated rings. The van der Waals surface area contributed by atoms with Gasteiger partial charge in [-0.15, -0.1) is 0 Å². The summed E-state index contributed by atoms with van der Waals surface area (Å²) in [6.45, 7) is 10.7. The van der Waals surface area contributed by atoms with E-state index in [0.717, 1.165) is 36.8 Å². The summed E-state index contributed by atoms with van der Waals surface area (Å²) >= 11 is 6.22. The van der Waals surface area contributed by atoms with E-state index in [1.54, 1.807) is 14.2 Å². The summed E-state index contributed by atoms with van der Waals surface area (Å²) in [6.07, 6.45) is 14.8. The Kier molecular flexibility index (Phi) is 13.9. The van der Waals surface area contributed by atoms with E-state index in [1.165, 1.54) is 72.6 Å². The number of allylic oxidation sites excluding steroid dienone is 1. The summed E-state index contributed by atoms with van der Waals surface area (Å²) in [5.74, 6) is 2.86. The molecule has 3 rings (SSSR count). The predicted molar refractivity (Wildman–Crippen MR) is 177 cm³/mol. The molecule has 0 saturated carbocycles. The van der Waals surface area contributed by atoms with Gasteiger partial charge in [-0.2, -0.15) is 0 Å². The Hall–Kier alpha value is -1.66. The number of hydrogen-bond donors (Lipinski definition) is 0. The normalized spacial score (nSPS) is 17.1. The number of ether oxygens (including phenoxy) is 2. The summed E-state index contributed by atoms with van der Waals surface area (Å²) in [5, 5.41) is 0. The molecule has 0 amide bonds. The van der Waals surface area contributed by atoms with Crippen molar-refractivity contribution < 1.29 is 9.47 Å². The van der Waals surface area contributed by atoms with Crippen molar-refractivity contribution in [2.45, 2.75) is 113 Å². The first-order valence-electron chi connectivity index (χ1n) is 15.5. The number of aliphatic imine (C=N–C) groups is 1. The van der Waals surface area contributed by atoms with Crippen LogP contribution in [0.15, 0.2) is 63.3 Å². The minimum absolute atomic E-state index is 0.419. The van der Waals surface area contributed by atoms with Crippen molar-refractivity contribution in [3.05, 3.63) is 69.4 Å². The molecule has 1 atom stereocenters. The minimum atomic E-state index is -1.02. The zero-order chi connectivity index (χ0) is 29.7. The molecule has 0 N–H and O–H groups in total. The third kappa shape index (κ3) is 10.8. The van der Waals surface area contributed by atoms with Crippen LogP contribution in [0, 0.1) is 0 Å². The number of halogens is 1. The average molecular weight is 686 g/mol. The Labute approximate surface area is 265 Å². The summed E-state index contributed by atoms with van der Waals surface area (Å²) in [7, 11) is 3.42. The number of alkyl halides is 1. The van der Waals surface area contributed by atoms with Gasteiger partial charge in [-0.25, -0.2) is 0 Å². The molecule has 0 bridgehead atoms. The van der Waals surface area contributed by atoms with Gasteiger partial charge in [-0.3, -0.25) is 0 Å². The first-order chi connectivity index (χ1) is 19.7. The zero-order valence-electron chi connectivity index (χ0n) is 26.3. The van der Waals surface area contributed by atoms with Crippen molar-refractivity contribution in [3.8, 4) is 11.5 Å². The van der Waals surface area contributed by atoms with Crippen LogP contribution < -0.4 is 9.47 Å². The van der Waals surface area contributed by atoms with Crippen molar-refractivity contribution in [2.75, 3.05) is 14.2 Å². The molecule has 41 heavy (non-hydrogen) atoms. The van der Waals surface area contributed by atoms with Crippen LogP contribution in [0.5, 0.6) is 11.5 Å². The number of amidine groups is 1. The van der Waals surface area contributed by atoms with Crippen molar-refractivity contribution in [2.24, 2.45) is 4.99 Å². The van der Waals surface area contributed by atoms with E-state index in [4.69, 9.17) is 26.1 Å². The second-order valence-electron chi connectivity index (χ2n) is 11.8. The second kappa shape index (κ2) is 16.8. The molecule has 1 heterocycles. The molecule has 224 valence electrons. The van der Waals surface area contributed by atoms with Crippen molar-refractivity contribution in [3.63, 3.8) is 0 Å². The molecule has 1 unspecified atom stereocenters. The van der Waals surface area contributed by atoms with Gasteiger partial charge in [0, 0.05) is 0 Å². The van der Waals surface area contributed by atoms with Crippen LogP contribution in [0.25, 0.3) is 0 Å². The molecule has 0 saturated heterocycles. The first kappa shape index (κ1) is 33.8. The number of hydrogen-bond acceptors (Lipinski definition) is 4. The third-order valence-electron chi connectivity index (χ3n) is 8.04. The Balaban J connectivity index is 1.97. The number of benzene rings is 2. The molecule has 0 spiro atoms. The standard InChI is InChI=1S/C22H24ClN2O2.C13H27.Sn/c1-22(23)12-13-24-21(14-22)25(15-17-4-8-19(26-2)9-5-17)16-18-6-10-20(27-3)11-7-18;1-4-7-10-13(11-8-5-2)12-9-6-3;/h4-12H,14-16H2,1-3H3;4-12H2,1-3H3;. The van der Waals surface area contributed by atoms with E-state index < -0.39 is 26.0 Å². The van der Waals surface area contributed by atoms with Crippen LogP contribution in [0.4, 0.5) is 0 Å². The number of unbranched alkanes of at least 4 members (excludes halogenated alkanes) is 3. The molecule has 2 aromatic rings. The maximum absolute atomic E-state index is 7.24. The van der Waals surface area contributed by atoms with E-state index in [9.17, 15) is 0 Å². The fourth-order valence-electron chi connectivity index (χ4n) is 5.62. The van der Waals surface area contributed by atoms with Gasteiger partial charge in [0.1, 0.15) is 0 Å². The number of methoxy groups -OCH3 is 2.